The quantitative estimate of drug-likeness (QED) is 0.829. The Labute approximate surface area is 131 Å². The van der Waals surface area contributed by atoms with E-state index >= 15 is 0 Å². The van der Waals surface area contributed by atoms with Gasteiger partial charge in [-0.2, -0.15) is 0 Å². The lowest BCUT2D eigenvalue weighted by Gasteiger charge is -2.03. The highest BCUT2D eigenvalue weighted by molar-refractivity contribution is 7.14. The number of rotatable bonds is 6. The van der Waals surface area contributed by atoms with Gasteiger partial charge in [-0.1, -0.05) is 6.92 Å². The minimum atomic E-state index is -0.440. The van der Waals surface area contributed by atoms with Crippen molar-refractivity contribution in [2.24, 2.45) is 0 Å². The molecule has 0 atom stereocenters. The van der Waals surface area contributed by atoms with Crippen LogP contribution in [0.1, 0.15) is 19.8 Å². The molecule has 22 heavy (non-hydrogen) atoms. The Balaban J connectivity index is 1.90. The molecule has 0 aliphatic carbocycles. The zero-order valence-corrected chi connectivity index (χ0v) is 12.8. The Morgan fingerprint density at radius 1 is 1.32 bits per heavy atom. The topological polar surface area (TPSA) is 68.3 Å². The summed E-state index contributed by atoms with van der Waals surface area (Å²) in [5, 5.41) is 4.71. The van der Waals surface area contributed by atoms with Gasteiger partial charge in [0.15, 0.2) is 11.7 Å². The molecule has 1 N–H and O–H groups in total. The fourth-order valence-corrected chi connectivity index (χ4v) is 2.40. The second kappa shape index (κ2) is 7.65. The summed E-state index contributed by atoms with van der Waals surface area (Å²) in [6.07, 6.45) is 0.965. The first-order valence-corrected chi connectivity index (χ1v) is 7.63. The maximum absolute atomic E-state index is 12.9. The Morgan fingerprint density at radius 2 is 2.05 bits per heavy atom. The van der Waals surface area contributed by atoms with E-state index in [0.717, 1.165) is 5.56 Å². The number of nitrogens with one attached hydrogen (secondary N) is 1. The summed E-state index contributed by atoms with van der Waals surface area (Å²) < 4.78 is 17.7. The van der Waals surface area contributed by atoms with E-state index in [0.29, 0.717) is 23.7 Å². The van der Waals surface area contributed by atoms with Gasteiger partial charge in [-0.25, -0.2) is 9.37 Å². The lowest BCUT2D eigenvalue weighted by molar-refractivity contribution is -0.147. The molecule has 0 fully saturated rings. The lowest BCUT2D eigenvalue weighted by Crippen LogP contribution is -2.20. The van der Waals surface area contributed by atoms with Gasteiger partial charge in [0.05, 0.1) is 5.69 Å². The van der Waals surface area contributed by atoms with Gasteiger partial charge in [0, 0.05) is 17.4 Å². The summed E-state index contributed by atoms with van der Waals surface area (Å²) in [6, 6.07) is 5.92. The molecule has 1 aromatic heterocycles. The van der Waals surface area contributed by atoms with Gasteiger partial charge in [0.2, 0.25) is 0 Å². The number of hydrogen-bond acceptors (Lipinski definition) is 5. The molecule has 0 saturated carbocycles. The maximum Gasteiger partial charge on any atom is 0.306 e. The van der Waals surface area contributed by atoms with Crippen LogP contribution >= 0.6 is 11.3 Å². The van der Waals surface area contributed by atoms with Crippen LogP contribution in [0.15, 0.2) is 29.6 Å². The van der Waals surface area contributed by atoms with Crippen molar-refractivity contribution in [2.45, 2.75) is 19.8 Å². The molecule has 2 aromatic rings. The second-order valence-corrected chi connectivity index (χ2v) is 5.36. The van der Waals surface area contributed by atoms with E-state index in [1.54, 1.807) is 17.5 Å². The molecule has 1 amide bonds. The van der Waals surface area contributed by atoms with Crippen molar-refractivity contribution in [3.63, 3.8) is 0 Å². The second-order valence-electron chi connectivity index (χ2n) is 4.50. The molecule has 0 aliphatic heterocycles. The molecule has 0 bridgehead atoms. The van der Waals surface area contributed by atoms with Crippen LogP contribution in [0.2, 0.25) is 0 Å². The van der Waals surface area contributed by atoms with Crippen molar-refractivity contribution in [3.05, 3.63) is 35.5 Å². The number of amides is 1. The fourth-order valence-electron chi connectivity index (χ4n) is 1.66. The van der Waals surface area contributed by atoms with Crippen molar-refractivity contribution < 1.29 is 18.7 Å². The molecule has 0 radical (unpaired) electrons. The SMILES string of the molecule is CCCC(=O)OCC(=O)Nc1nc(-c2ccc(F)cc2)cs1. The number of carbonyl (C=O) groups is 2. The van der Waals surface area contributed by atoms with Crippen LogP contribution in [0.3, 0.4) is 0 Å². The minimum absolute atomic E-state index is 0.291. The average Bonchev–Trinajstić information content (AvgIpc) is 2.95. The van der Waals surface area contributed by atoms with Crippen LogP contribution in [-0.4, -0.2) is 23.5 Å². The Hall–Kier alpha value is -2.28. The van der Waals surface area contributed by atoms with Crippen molar-refractivity contribution in [1.29, 1.82) is 0 Å². The van der Waals surface area contributed by atoms with E-state index in [2.05, 4.69) is 10.3 Å². The van der Waals surface area contributed by atoms with Crippen molar-refractivity contribution >= 4 is 28.3 Å². The fraction of sp³-hybridized carbons (Fsp3) is 0.267. The highest BCUT2D eigenvalue weighted by atomic mass is 32.1. The first-order chi connectivity index (χ1) is 10.6. The third-order valence-electron chi connectivity index (χ3n) is 2.71. The summed E-state index contributed by atoms with van der Waals surface area (Å²) in [4.78, 5) is 27.0. The molecule has 7 heteroatoms. The number of hydrogen-bond donors (Lipinski definition) is 1. The zero-order chi connectivity index (χ0) is 15.9. The van der Waals surface area contributed by atoms with Crippen LogP contribution in [0.25, 0.3) is 11.3 Å². The molecule has 116 valence electrons. The van der Waals surface area contributed by atoms with Gasteiger partial charge >= 0.3 is 5.97 Å². The lowest BCUT2D eigenvalue weighted by atomic mass is 10.2. The largest absolute Gasteiger partial charge is 0.456 e. The number of thiazole rings is 1. The molecule has 2 rings (SSSR count). The minimum Gasteiger partial charge on any atom is -0.456 e. The average molecular weight is 322 g/mol. The van der Waals surface area contributed by atoms with Crippen LogP contribution in [0.4, 0.5) is 9.52 Å². The third kappa shape index (κ3) is 4.63. The van der Waals surface area contributed by atoms with Gasteiger partial charge in [0.25, 0.3) is 5.91 Å². The van der Waals surface area contributed by atoms with Crippen molar-refractivity contribution in [3.8, 4) is 11.3 Å². The maximum atomic E-state index is 12.9. The molecule has 0 unspecified atom stereocenters. The first-order valence-electron chi connectivity index (χ1n) is 6.75. The summed E-state index contributed by atoms with van der Waals surface area (Å²) >= 11 is 1.24. The summed E-state index contributed by atoms with van der Waals surface area (Å²) in [5.41, 5.74) is 1.40. The van der Waals surface area contributed by atoms with E-state index in [9.17, 15) is 14.0 Å². The number of carbonyl (C=O) groups excluding carboxylic acids is 2. The van der Waals surface area contributed by atoms with Crippen LogP contribution < -0.4 is 5.32 Å². The predicted octanol–water partition coefficient (Wildman–Crippen LogP) is 3.23. The molecule has 1 heterocycles. The molecule has 1 aromatic carbocycles. The standard InChI is InChI=1S/C15H15FN2O3S/c1-2-3-14(20)21-8-13(19)18-15-17-12(9-22-15)10-4-6-11(16)7-5-10/h4-7,9H,2-3,8H2,1H3,(H,17,18,19). The predicted molar refractivity (Wildman–Crippen MR) is 82.0 cm³/mol. The van der Waals surface area contributed by atoms with Crippen LogP contribution in [-0.2, 0) is 14.3 Å². The number of anilines is 1. The monoisotopic (exact) mass is 322 g/mol. The number of aromatic nitrogens is 1. The summed E-state index contributed by atoms with van der Waals surface area (Å²) in [5.74, 6) is -1.16. The smallest absolute Gasteiger partial charge is 0.306 e. The molecular formula is C15H15FN2O3S. The number of nitrogens with zero attached hydrogens (tertiary/aromatic N) is 1. The Morgan fingerprint density at radius 3 is 2.73 bits per heavy atom. The molecule has 0 saturated heterocycles. The number of halogens is 1. The number of ether oxygens (including phenoxy) is 1. The normalized spacial score (nSPS) is 10.3. The van der Waals surface area contributed by atoms with E-state index in [-0.39, 0.29) is 12.4 Å². The van der Waals surface area contributed by atoms with Crippen molar-refractivity contribution in [1.82, 2.24) is 4.98 Å². The van der Waals surface area contributed by atoms with Crippen LogP contribution in [0, 0.1) is 5.82 Å². The van der Waals surface area contributed by atoms with Gasteiger partial charge in [-0.05, 0) is 30.7 Å². The highest BCUT2D eigenvalue weighted by Gasteiger charge is 2.10. The Bertz CT molecular complexity index is 655. The summed E-state index contributed by atoms with van der Waals surface area (Å²) in [6.45, 7) is 1.53. The molecule has 0 aliphatic rings. The first kappa shape index (κ1) is 16.1. The van der Waals surface area contributed by atoms with Gasteiger partial charge in [0.1, 0.15) is 5.82 Å². The molecular weight excluding hydrogens is 307 g/mol. The molecule has 5 nitrogen and oxygen atoms in total. The Kier molecular flexibility index (Phi) is 5.60. The van der Waals surface area contributed by atoms with E-state index in [1.807, 2.05) is 6.92 Å². The van der Waals surface area contributed by atoms with Crippen molar-refractivity contribution in [2.75, 3.05) is 11.9 Å². The summed E-state index contributed by atoms with van der Waals surface area (Å²) in [7, 11) is 0. The van der Waals surface area contributed by atoms with Gasteiger partial charge in [-0.15, -0.1) is 11.3 Å². The van der Waals surface area contributed by atoms with E-state index in [1.165, 1.54) is 23.5 Å². The van der Waals surface area contributed by atoms with E-state index < -0.39 is 11.9 Å². The van der Waals surface area contributed by atoms with Gasteiger partial charge < -0.3 is 4.74 Å². The third-order valence-corrected chi connectivity index (χ3v) is 3.47. The number of esters is 1. The van der Waals surface area contributed by atoms with Crippen LogP contribution in [0.5, 0.6) is 0 Å². The highest BCUT2D eigenvalue weighted by Crippen LogP contribution is 2.24. The zero-order valence-electron chi connectivity index (χ0n) is 12.0. The number of benzene rings is 1. The molecule has 0 spiro atoms. The van der Waals surface area contributed by atoms with E-state index in [4.69, 9.17) is 4.74 Å². The van der Waals surface area contributed by atoms with Gasteiger partial charge in [-0.3, -0.25) is 14.9 Å².